The average molecular weight is 1120 g/mol. The van der Waals surface area contributed by atoms with Crippen molar-refractivity contribution in [2.24, 2.45) is 11.3 Å². The molecule has 5 heterocycles. The van der Waals surface area contributed by atoms with Crippen LogP contribution in [0.2, 0.25) is 0 Å². The first-order valence-corrected chi connectivity index (χ1v) is 29.1. The molecule has 0 bridgehead atoms. The number of hydrogen-bond donors (Lipinski definition) is 4. The quantitative estimate of drug-likeness (QED) is 0.0592. The second-order valence-electron chi connectivity index (χ2n) is 22.7. The Hall–Kier alpha value is -6.65. The molecular formula is C59H71F3N9O8S-. The number of aromatic amines is 1. The minimum absolute atomic E-state index is 0.00372. The maximum absolute atomic E-state index is 15.3. The number of hydroxylamine groups is 1. The third kappa shape index (κ3) is 11.9. The maximum atomic E-state index is 15.3. The van der Waals surface area contributed by atoms with Crippen molar-refractivity contribution in [3.8, 4) is 23.1 Å². The van der Waals surface area contributed by atoms with Crippen molar-refractivity contribution in [1.29, 1.82) is 0 Å². The van der Waals surface area contributed by atoms with Crippen LogP contribution in [-0.4, -0.2) is 116 Å². The third-order valence-corrected chi connectivity index (χ3v) is 18.2. The number of piperazine rings is 1. The van der Waals surface area contributed by atoms with Crippen LogP contribution in [0.25, 0.3) is 11.0 Å². The number of halogens is 3. The van der Waals surface area contributed by atoms with Gasteiger partial charge in [-0.05, 0) is 125 Å². The molecule has 17 nitrogen and oxygen atoms in total. The Labute approximate surface area is 465 Å². The fourth-order valence-electron chi connectivity index (χ4n) is 12.3. The van der Waals surface area contributed by atoms with Crippen molar-refractivity contribution < 1.29 is 45.7 Å². The molecule has 3 aromatic carbocycles. The van der Waals surface area contributed by atoms with Crippen LogP contribution in [0.3, 0.4) is 0 Å². The number of nitrogens with one attached hydrogen (secondary N) is 3. The van der Waals surface area contributed by atoms with Gasteiger partial charge in [0, 0.05) is 93.7 Å². The first-order valence-electron chi connectivity index (χ1n) is 27.6. The van der Waals surface area contributed by atoms with Crippen molar-refractivity contribution in [1.82, 2.24) is 29.5 Å². The van der Waals surface area contributed by atoms with Gasteiger partial charge in [0.1, 0.15) is 27.9 Å². The highest BCUT2D eigenvalue weighted by atomic mass is 32.2. The molecule has 4 aliphatic rings. The molecule has 2 saturated carbocycles. The lowest BCUT2D eigenvalue weighted by Gasteiger charge is -2.58. The number of aromatic nitrogens is 3. The van der Waals surface area contributed by atoms with Crippen LogP contribution in [0.1, 0.15) is 118 Å². The Morgan fingerprint density at radius 1 is 0.963 bits per heavy atom. The van der Waals surface area contributed by atoms with Crippen LogP contribution in [0.4, 0.5) is 30.4 Å². The number of carbonyl (C=O) groups is 1. The number of anilines is 3. The number of H-pyrrole nitrogens is 1. The van der Waals surface area contributed by atoms with Gasteiger partial charge >= 0.3 is 0 Å². The number of sulfonamides is 1. The van der Waals surface area contributed by atoms with Gasteiger partial charge in [-0.15, -0.1) is 0 Å². The molecule has 4 fully saturated rings. The Morgan fingerprint density at radius 3 is 2.42 bits per heavy atom. The van der Waals surface area contributed by atoms with Crippen LogP contribution in [-0.2, 0) is 16.6 Å². The Kier molecular flexibility index (Phi) is 16.3. The van der Waals surface area contributed by atoms with Gasteiger partial charge in [-0.25, -0.2) is 26.9 Å². The Balaban J connectivity index is 0.864. The van der Waals surface area contributed by atoms with Gasteiger partial charge in [-0.2, -0.15) is 9.37 Å². The number of pyridine rings is 2. The highest BCUT2D eigenvalue weighted by molar-refractivity contribution is 7.90. The molecule has 0 unspecified atom stereocenters. The fourth-order valence-corrected chi connectivity index (χ4v) is 13.2. The highest BCUT2D eigenvalue weighted by Crippen LogP contribution is 2.54. The largest absolute Gasteiger partial charge is 0.758 e. The number of nitrogens with zero attached hydrogens (tertiary/aromatic N) is 6. The van der Waals surface area contributed by atoms with Gasteiger partial charge in [0.05, 0.1) is 36.0 Å². The van der Waals surface area contributed by atoms with Crippen LogP contribution >= 0.6 is 0 Å². The number of carbonyl (C=O) groups excluding carboxylic acids is 1. The number of aliphatic hydroxyl groups is 1. The number of methoxy groups -OCH3 is 1. The summed E-state index contributed by atoms with van der Waals surface area (Å²) < 4.78 is 92.7. The van der Waals surface area contributed by atoms with Crippen LogP contribution in [0, 0.1) is 34.0 Å². The molecule has 6 aromatic rings. The summed E-state index contributed by atoms with van der Waals surface area (Å²) in [5.74, 6) is -2.94. The summed E-state index contributed by atoms with van der Waals surface area (Å²) in [5, 5.41) is 27.0. The normalized spacial score (nSPS) is 20.9. The second kappa shape index (κ2) is 23.1. The first kappa shape index (κ1) is 56.6. The van der Waals surface area contributed by atoms with Gasteiger partial charge in [0.2, 0.25) is 5.82 Å². The van der Waals surface area contributed by atoms with Gasteiger partial charge in [-0.1, -0.05) is 44.2 Å². The van der Waals surface area contributed by atoms with Gasteiger partial charge in [0.15, 0.2) is 17.3 Å². The van der Waals surface area contributed by atoms with Crippen LogP contribution in [0.15, 0.2) is 84.0 Å². The zero-order chi connectivity index (χ0) is 56.7. The summed E-state index contributed by atoms with van der Waals surface area (Å²) in [5.41, 5.74) is 2.93. The van der Waals surface area contributed by atoms with E-state index < -0.39 is 43.9 Å². The van der Waals surface area contributed by atoms with E-state index in [-0.39, 0.29) is 87.7 Å². The third-order valence-electron chi connectivity index (χ3n) is 16.9. The topological polar surface area (TPSA) is 201 Å². The van der Waals surface area contributed by atoms with Crippen molar-refractivity contribution >= 4 is 44.2 Å². The molecular weight excluding hydrogens is 1050 g/mol. The van der Waals surface area contributed by atoms with E-state index in [1.165, 1.54) is 43.5 Å². The lowest BCUT2D eigenvalue weighted by molar-refractivity contribution is -0.0629. The van der Waals surface area contributed by atoms with E-state index in [2.05, 4.69) is 77.8 Å². The molecule has 80 heavy (non-hydrogen) atoms. The van der Waals surface area contributed by atoms with E-state index >= 15 is 8.78 Å². The van der Waals surface area contributed by atoms with Crippen LogP contribution < -0.4 is 34.2 Å². The molecule has 1 atom stereocenters. The first-order chi connectivity index (χ1) is 38.2. The summed E-state index contributed by atoms with van der Waals surface area (Å²) in [6.07, 6.45) is 8.85. The Bertz CT molecular complexity index is 3340. The SMILES string of the molecule is CCOc1nc2[nH]cc(F)c2cc1Oc1cc(N2CCC3(CC2)CC(N2CCN(Cc4ccc(OC)c(F)c4F)C[C@H]2c2ccccc2C(C)C)C3)ccc1C(=O)NS(=O)(=O)c1cnc(NCC2CCC(C)(O)CC2)c(N(C)[O-])c1. The molecule has 2 aliphatic carbocycles. The number of piperidine rings is 1. The van der Waals surface area contributed by atoms with E-state index in [0.29, 0.717) is 67.9 Å². The predicted molar refractivity (Wildman–Crippen MR) is 301 cm³/mol. The number of fused-ring (bicyclic) bond motifs is 1. The lowest BCUT2D eigenvalue weighted by atomic mass is 9.59. The molecule has 1 spiro atoms. The molecule has 0 radical (unpaired) electrons. The maximum Gasteiger partial charge on any atom is 0.268 e. The number of ether oxygens (including phenoxy) is 3. The number of hydrogen-bond acceptors (Lipinski definition) is 15. The second-order valence-corrected chi connectivity index (χ2v) is 24.4. The van der Waals surface area contributed by atoms with E-state index in [9.17, 15) is 27.9 Å². The standard InChI is InChI=1S/C59H71F3N9O8S/c1-7-78-57-51(28-45-46(60)33-65-54(45)66-57)79-50-26-39(13-14-44(50)56(72)67-80(75,76)41-27-47(68(5)74)55(64-32-41)63-31-37-16-18-58(4,73)19-17-37)70-22-20-59(21-23-70)29-40(30-59)71-25-24-69(34-38-12-15-49(77-6)53(62)52(38)61)35-48(71)43-11-9-8-10-42(43)36(2)3/h8-15,26-28,32-33,36-37,40,48,73H,7,16-25,29-31,34-35H2,1-6H3,(H,63,64)(H,65,66)(H,67,72)/q-1/t37?,48-,58?/m0/s1. The van der Waals surface area contributed by atoms with E-state index in [0.717, 1.165) is 63.5 Å². The zero-order valence-corrected chi connectivity index (χ0v) is 47.0. The molecule has 3 aromatic heterocycles. The summed E-state index contributed by atoms with van der Waals surface area (Å²) in [6.45, 7) is 12.4. The minimum atomic E-state index is -4.64. The Morgan fingerprint density at radius 2 is 1.71 bits per heavy atom. The molecule has 21 heteroatoms. The highest BCUT2D eigenvalue weighted by Gasteiger charge is 2.50. The molecule has 2 aliphatic heterocycles. The van der Waals surface area contributed by atoms with E-state index in [4.69, 9.17) is 14.2 Å². The lowest BCUT2D eigenvalue weighted by Crippen LogP contribution is -2.60. The monoisotopic (exact) mass is 1120 g/mol. The molecule has 10 rings (SSSR count). The van der Waals surface area contributed by atoms with Crippen molar-refractivity contribution in [3.05, 3.63) is 124 Å². The van der Waals surface area contributed by atoms with Gasteiger partial charge in [0.25, 0.3) is 21.8 Å². The number of rotatable bonds is 18. The van der Waals surface area contributed by atoms with Crippen molar-refractivity contribution in [2.75, 3.05) is 75.3 Å². The summed E-state index contributed by atoms with van der Waals surface area (Å²) in [6, 6.07) is 19.5. The average Bonchev–Trinajstić information content (AvgIpc) is 3.94. The van der Waals surface area contributed by atoms with Crippen molar-refractivity contribution in [2.45, 2.75) is 114 Å². The van der Waals surface area contributed by atoms with Crippen LogP contribution in [0.5, 0.6) is 23.1 Å². The number of benzene rings is 3. The fraction of sp³-hybridized carbons (Fsp3) is 0.475. The molecule has 428 valence electrons. The summed E-state index contributed by atoms with van der Waals surface area (Å²) >= 11 is 0. The van der Waals surface area contributed by atoms with E-state index in [1.807, 2.05) is 6.92 Å². The molecule has 1 amide bonds. The summed E-state index contributed by atoms with van der Waals surface area (Å²) in [7, 11) is -2.09. The van der Waals surface area contributed by atoms with E-state index in [1.54, 1.807) is 25.1 Å². The van der Waals surface area contributed by atoms with Gasteiger partial charge < -0.3 is 44.8 Å². The number of amides is 1. The minimum Gasteiger partial charge on any atom is -0.758 e. The summed E-state index contributed by atoms with van der Waals surface area (Å²) in [4.78, 5) is 32.5. The van der Waals surface area contributed by atoms with Gasteiger partial charge in [-0.3, -0.25) is 14.6 Å². The zero-order valence-electron chi connectivity index (χ0n) is 46.2. The molecule has 4 N–H and O–H groups in total. The molecule has 2 saturated heterocycles. The van der Waals surface area contributed by atoms with Crippen molar-refractivity contribution in [3.63, 3.8) is 0 Å². The predicted octanol–water partition coefficient (Wildman–Crippen LogP) is 10.4. The smallest absolute Gasteiger partial charge is 0.268 e.